The van der Waals surface area contributed by atoms with Gasteiger partial charge in [0.1, 0.15) is 0 Å². The number of carbonyl (C=O) groups is 1. The van der Waals surface area contributed by atoms with Crippen molar-refractivity contribution in [3.63, 3.8) is 0 Å². The molecule has 1 rings (SSSR count). The fourth-order valence-electron chi connectivity index (χ4n) is 1.77. The summed E-state index contributed by atoms with van der Waals surface area (Å²) in [6.45, 7) is 1.73. The number of hydrogen-bond donors (Lipinski definition) is 2. The fourth-order valence-corrected chi connectivity index (χ4v) is 1.77. The topological polar surface area (TPSA) is 49.3 Å². The largest absolute Gasteiger partial charge is 0.395 e. The molecule has 82 valence electrons. The predicted octanol–water partition coefficient (Wildman–Crippen LogP) is 1.07. The van der Waals surface area contributed by atoms with Crippen molar-refractivity contribution in [1.82, 2.24) is 5.32 Å². The summed E-state index contributed by atoms with van der Waals surface area (Å²) in [6, 6.07) is 9.38. The van der Waals surface area contributed by atoms with Gasteiger partial charge in [0, 0.05) is 7.05 Å². The van der Waals surface area contributed by atoms with Gasteiger partial charge in [-0.1, -0.05) is 37.3 Å². The van der Waals surface area contributed by atoms with Gasteiger partial charge >= 0.3 is 0 Å². The molecular weight excluding hydrogens is 190 g/mol. The standard InChI is InChI=1S/C12H17NO2/c1-3-12(9-14,11(15)13-2)10-7-5-4-6-8-10/h4-8,14H,3,9H2,1-2H3,(H,13,15). The Morgan fingerprint density at radius 1 is 1.40 bits per heavy atom. The lowest BCUT2D eigenvalue weighted by Crippen LogP contribution is -2.45. The number of aliphatic hydroxyl groups excluding tert-OH is 1. The van der Waals surface area contributed by atoms with Gasteiger partial charge < -0.3 is 10.4 Å². The maximum Gasteiger partial charge on any atom is 0.232 e. The van der Waals surface area contributed by atoms with Crippen LogP contribution in [0.1, 0.15) is 18.9 Å². The first-order valence-electron chi connectivity index (χ1n) is 5.10. The normalized spacial score (nSPS) is 14.3. The van der Waals surface area contributed by atoms with E-state index in [1.54, 1.807) is 7.05 Å². The van der Waals surface area contributed by atoms with Crippen molar-refractivity contribution >= 4 is 5.91 Å². The van der Waals surface area contributed by atoms with E-state index in [1.165, 1.54) is 0 Å². The Morgan fingerprint density at radius 2 is 2.00 bits per heavy atom. The van der Waals surface area contributed by atoms with E-state index in [2.05, 4.69) is 5.32 Å². The maximum absolute atomic E-state index is 11.8. The lowest BCUT2D eigenvalue weighted by molar-refractivity contribution is -0.128. The monoisotopic (exact) mass is 207 g/mol. The van der Waals surface area contributed by atoms with Crippen molar-refractivity contribution < 1.29 is 9.90 Å². The first-order valence-corrected chi connectivity index (χ1v) is 5.10. The van der Waals surface area contributed by atoms with Gasteiger partial charge in [0.05, 0.1) is 12.0 Å². The van der Waals surface area contributed by atoms with Gasteiger partial charge in [0.2, 0.25) is 5.91 Å². The van der Waals surface area contributed by atoms with Crippen LogP contribution in [-0.4, -0.2) is 24.7 Å². The first-order chi connectivity index (χ1) is 7.21. The minimum atomic E-state index is -0.810. The van der Waals surface area contributed by atoms with Crippen LogP contribution in [0.5, 0.6) is 0 Å². The van der Waals surface area contributed by atoms with Crippen LogP contribution < -0.4 is 5.32 Å². The molecule has 3 nitrogen and oxygen atoms in total. The molecule has 0 aliphatic heterocycles. The molecule has 0 saturated heterocycles. The highest BCUT2D eigenvalue weighted by atomic mass is 16.3. The minimum absolute atomic E-state index is 0.140. The minimum Gasteiger partial charge on any atom is -0.395 e. The third-order valence-corrected chi connectivity index (χ3v) is 2.86. The van der Waals surface area contributed by atoms with E-state index in [0.29, 0.717) is 6.42 Å². The van der Waals surface area contributed by atoms with Crippen molar-refractivity contribution in [1.29, 1.82) is 0 Å². The summed E-state index contributed by atoms with van der Waals surface area (Å²) in [4.78, 5) is 11.8. The average molecular weight is 207 g/mol. The second-order valence-corrected chi connectivity index (χ2v) is 3.54. The van der Waals surface area contributed by atoms with Gasteiger partial charge in [0.15, 0.2) is 0 Å². The predicted molar refractivity (Wildman–Crippen MR) is 59.6 cm³/mol. The van der Waals surface area contributed by atoms with E-state index in [9.17, 15) is 9.90 Å². The zero-order chi connectivity index (χ0) is 11.3. The lowest BCUT2D eigenvalue weighted by atomic mass is 9.78. The molecule has 1 amide bonds. The van der Waals surface area contributed by atoms with E-state index in [0.717, 1.165) is 5.56 Å². The Hall–Kier alpha value is -1.35. The smallest absolute Gasteiger partial charge is 0.232 e. The molecule has 0 aromatic heterocycles. The molecule has 1 aromatic rings. The highest BCUT2D eigenvalue weighted by molar-refractivity contribution is 5.88. The van der Waals surface area contributed by atoms with Crippen LogP contribution in [0.3, 0.4) is 0 Å². The third kappa shape index (κ3) is 2.02. The number of rotatable bonds is 4. The second-order valence-electron chi connectivity index (χ2n) is 3.54. The molecule has 1 aromatic carbocycles. The summed E-state index contributed by atoms with van der Waals surface area (Å²) in [5.74, 6) is -0.140. The number of benzene rings is 1. The van der Waals surface area contributed by atoms with Gasteiger partial charge in [0.25, 0.3) is 0 Å². The van der Waals surface area contributed by atoms with Crippen LogP contribution in [0.15, 0.2) is 30.3 Å². The molecular formula is C12H17NO2. The number of hydrogen-bond acceptors (Lipinski definition) is 2. The Bertz CT molecular complexity index is 318. The van der Waals surface area contributed by atoms with Crippen LogP contribution in [-0.2, 0) is 10.2 Å². The highest BCUT2D eigenvalue weighted by Crippen LogP contribution is 2.27. The van der Waals surface area contributed by atoms with Gasteiger partial charge in [-0.2, -0.15) is 0 Å². The summed E-state index contributed by atoms with van der Waals surface area (Å²) in [7, 11) is 1.59. The van der Waals surface area contributed by atoms with E-state index >= 15 is 0 Å². The molecule has 0 radical (unpaired) electrons. The molecule has 15 heavy (non-hydrogen) atoms. The van der Waals surface area contributed by atoms with Crippen molar-refractivity contribution in [2.45, 2.75) is 18.8 Å². The quantitative estimate of drug-likeness (QED) is 0.776. The number of amides is 1. The molecule has 0 aliphatic carbocycles. The molecule has 0 fully saturated rings. The molecule has 2 N–H and O–H groups in total. The van der Waals surface area contributed by atoms with Crippen molar-refractivity contribution in [2.24, 2.45) is 0 Å². The van der Waals surface area contributed by atoms with Crippen molar-refractivity contribution in [3.8, 4) is 0 Å². The summed E-state index contributed by atoms with van der Waals surface area (Å²) in [5.41, 5.74) is 0.0464. The third-order valence-electron chi connectivity index (χ3n) is 2.86. The molecule has 1 unspecified atom stereocenters. The van der Waals surface area contributed by atoms with Crippen molar-refractivity contribution in [3.05, 3.63) is 35.9 Å². The summed E-state index contributed by atoms with van der Waals surface area (Å²) < 4.78 is 0. The Balaban J connectivity index is 3.17. The number of likely N-dealkylation sites (N-methyl/N-ethyl adjacent to an activating group) is 1. The van der Waals surface area contributed by atoms with Gasteiger partial charge in [-0.05, 0) is 12.0 Å². The molecule has 3 heteroatoms. The lowest BCUT2D eigenvalue weighted by Gasteiger charge is -2.29. The summed E-state index contributed by atoms with van der Waals surface area (Å²) in [5, 5.41) is 12.1. The number of carbonyl (C=O) groups excluding carboxylic acids is 1. The molecule has 0 heterocycles. The zero-order valence-electron chi connectivity index (χ0n) is 9.16. The molecule has 1 atom stereocenters. The number of aliphatic hydroxyl groups is 1. The Kier molecular flexibility index (Phi) is 3.86. The van der Waals surface area contributed by atoms with Crippen LogP contribution in [0, 0.1) is 0 Å². The molecule has 0 spiro atoms. The zero-order valence-corrected chi connectivity index (χ0v) is 9.16. The first kappa shape index (κ1) is 11.7. The second kappa shape index (κ2) is 4.94. The fraction of sp³-hybridized carbons (Fsp3) is 0.417. The van der Waals surface area contributed by atoms with Crippen LogP contribution >= 0.6 is 0 Å². The van der Waals surface area contributed by atoms with Gasteiger partial charge in [-0.3, -0.25) is 4.79 Å². The van der Waals surface area contributed by atoms with Crippen molar-refractivity contribution in [2.75, 3.05) is 13.7 Å². The van der Waals surface area contributed by atoms with E-state index in [1.807, 2.05) is 37.3 Å². The Labute approximate surface area is 90.1 Å². The molecule has 0 aliphatic rings. The molecule has 0 bridgehead atoms. The van der Waals surface area contributed by atoms with E-state index in [4.69, 9.17) is 0 Å². The average Bonchev–Trinajstić information content (AvgIpc) is 2.32. The maximum atomic E-state index is 11.8. The van der Waals surface area contributed by atoms with Crippen LogP contribution in [0.2, 0.25) is 0 Å². The Morgan fingerprint density at radius 3 is 2.40 bits per heavy atom. The SMILES string of the molecule is CCC(CO)(C(=O)NC)c1ccccc1. The van der Waals surface area contributed by atoms with Crippen LogP contribution in [0.25, 0.3) is 0 Å². The number of nitrogens with one attached hydrogen (secondary N) is 1. The molecule has 0 saturated carbocycles. The van der Waals surface area contributed by atoms with Gasteiger partial charge in [-0.25, -0.2) is 0 Å². The summed E-state index contributed by atoms with van der Waals surface area (Å²) in [6.07, 6.45) is 0.577. The van der Waals surface area contributed by atoms with Gasteiger partial charge in [-0.15, -0.1) is 0 Å². The summed E-state index contributed by atoms with van der Waals surface area (Å²) >= 11 is 0. The van der Waals surface area contributed by atoms with E-state index in [-0.39, 0.29) is 12.5 Å². The van der Waals surface area contributed by atoms with Crippen LogP contribution in [0.4, 0.5) is 0 Å². The highest BCUT2D eigenvalue weighted by Gasteiger charge is 2.36. The van der Waals surface area contributed by atoms with E-state index < -0.39 is 5.41 Å².